The molecule has 6 heteroatoms. The topological polar surface area (TPSA) is 67.6 Å². The van der Waals surface area contributed by atoms with Crippen molar-refractivity contribution in [3.63, 3.8) is 0 Å². The average Bonchev–Trinajstić information content (AvgIpc) is 3.12. The van der Waals surface area contributed by atoms with E-state index in [4.69, 9.17) is 4.74 Å². The van der Waals surface area contributed by atoms with Crippen LogP contribution in [0.1, 0.15) is 35.4 Å². The van der Waals surface area contributed by atoms with E-state index in [1.165, 1.54) is 5.69 Å². The molecule has 0 atom stereocenters. The predicted octanol–water partition coefficient (Wildman–Crippen LogP) is 2.73. The fourth-order valence-corrected chi connectivity index (χ4v) is 3.86. The van der Waals surface area contributed by atoms with Crippen LogP contribution in [0.3, 0.4) is 0 Å². The number of Topliss-reactive ketones (excluding diaryl/α,β-unsaturated/α-hetero) is 1. The van der Waals surface area contributed by atoms with Crippen molar-refractivity contribution < 1.29 is 14.6 Å². The molecule has 3 heterocycles. The zero-order valence-corrected chi connectivity index (χ0v) is 14.9. The van der Waals surface area contributed by atoms with Gasteiger partial charge < -0.3 is 14.7 Å². The minimum atomic E-state index is -0.142. The number of aliphatic hydroxyl groups excluding tert-OH is 1. The maximum Gasteiger partial charge on any atom is 0.185 e. The van der Waals surface area contributed by atoms with E-state index < -0.39 is 0 Å². The van der Waals surface area contributed by atoms with E-state index in [0.29, 0.717) is 23.7 Å². The number of ketones is 1. The number of hydrogen-bond donors (Lipinski definition) is 1. The van der Waals surface area contributed by atoms with Gasteiger partial charge in [0.15, 0.2) is 5.78 Å². The summed E-state index contributed by atoms with van der Waals surface area (Å²) in [4.78, 5) is 14.8. The summed E-state index contributed by atoms with van der Waals surface area (Å²) in [5.41, 5.74) is 3.48. The lowest BCUT2D eigenvalue weighted by Gasteiger charge is -2.35. The van der Waals surface area contributed by atoms with Crippen LogP contribution in [0.2, 0.25) is 0 Å². The van der Waals surface area contributed by atoms with Gasteiger partial charge in [-0.2, -0.15) is 5.10 Å². The Kier molecular flexibility index (Phi) is 4.51. The lowest BCUT2D eigenvalue weighted by Crippen LogP contribution is -2.35. The molecule has 6 nitrogen and oxygen atoms in total. The number of hydrogen-bond acceptors (Lipinski definition) is 5. The third-order valence-corrected chi connectivity index (χ3v) is 5.34. The third kappa shape index (κ3) is 3.12. The number of rotatable bonds is 4. The number of benzene rings is 1. The first-order valence-corrected chi connectivity index (χ1v) is 9.00. The molecule has 2 aliphatic rings. The molecule has 1 aromatic heterocycles. The SMILES string of the molecule is COc1ccc(N2CCC(C3=Cn4nc(CO)cc4C(=O)C3)CC2)cc1. The minimum Gasteiger partial charge on any atom is -0.497 e. The summed E-state index contributed by atoms with van der Waals surface area (Å²) in [5, 5.41) is 13.5. The van der Waals surface area contributed by atoms with E-state index in [1.54, 1.807) is 17.9 Å². The van der Waals surface area contributed by atoms with Gasteiger partial charge in [0.2, 0.25) is 0 Å². The average molecular weight is 353 g/mol. The molecule has 0 unspecified atom stereocenters. The zero-order valence-electron chi connectivity index (χ0n) is 14.9. The van der Waals surface area contributed by atoms with E-state index in [0.717, 1.165) is 37.3 Å². The van der Waals surface area contributed by atoms with Gasteiger partial charge in [-0.1, -0.05) is 0 Å². The van der Waals surface area contributed by atoms with Gasteiger partial charge in [-0.3, -0.25) is 4.79 Å². The first kappa shape index (κ1) is 16.8. The molecule has 1 N–H and O–H groups in total. The van der Waals surface area contributed by atoms with Gasteiger partial charge in [-0.15, -0.1) is 0 Å². The quantitative estimate of drug-likeness (QED) is 0.915. The molecule has 4 rings (SSSR count). The molecule has 26 heavy (non-hydrogen) atoms. The first-order chi connectivity index (χ1) is 12.7. The Hall–Kier alpha value is -2.60. The lowest BCUT2D eigenvalue weighted by molar-refractivity contribution is 0.0978. The fraction of sp³-hybridized carbons (Fsp3) is 0.400. The Bertz CT molecular complexity index is 830. The second kappa shape index (κ2) is 6.96. The molecule has 2 aliphatic heterocycles. The highest BCUT2D eigenvalue weighted by Gasteiger charge is 2.28. The highest BCUT2D eigenvalue weighted by molar-refractivity contribution is 5.98. The Morgan fingerprint density at radius 3 is 2.62 bits per heavy atom. The van der Waals surface area contributed by atoms with Crippen LogP contribution < -0.4 is 9.64 Å². The van der Waals surface area contributed by atoms with Crippen LogP contribution in [-0.4, -0.2) is 40.9 Å². The molecule has 1 fully saturated rings. The van der Waals surface area contributed by atoms with Crippen molar-refractivity contribution in [1.29, 1.82) is 0 Å². The summed E-state index contributed by atoms with van der Waals surface area (Å²) in [6.07, 6.45) is 4.50. The molecule has 136 valence electrons. The van der Waals surface area contributed by atoms with Gasteiger partial charge in [0, 0.05) is 31.4 Å². The lowest BCUT2D eigenvalue weighted by atomic mass is 9.85. The van der Waals surface area contributed by atoms with Crippen LogP contribution in [0.25, 0.3) is 6.20 Å². The van der Waals surface area contributed by atoms with Crippen LogP contribution in [0.4, 0.5) is 5.69 Å². The van der Waals surface area contributed by atoms with Crippen molar-refractivity contribution in [2.45, 2.75) is 25.9 Å². The number of anilines is 1. The van der Waals surface area contributed by atoms with Crippen LogP contribution in [0, 0.1) is 5.92 Å². The van der Waals surface area contributed by atoms with Crippen molar-refractivity contribution in [1.82, 2.24) is 9.78 Å². The highest BCUT2D eigenvalue weighted by atomic mass is 16.5. The van der Waals surface area contributed by atoms with Crippen LogP contribution in [0.15, 0.2) is 35.9 Å². The maximum atomic E-state index is 12.4. The number of ether oxygens (including phenoxy) is 1. The van der Waals surface area contributed by atoms with E-state index in [-0.39, 0.29) is 12.4 Å². The van der Waals surface area contributed by atoms with Gasteiger partial charge in [0.1, 0.15) is 11.4 Å². The zero-order chi connectivity index (χ0) is 18.1. The van der Waals surface area contributed by atoms with Gasteiger partial charge in [-0.25, -0.2) is 4.68 Å². The summed E-state index contributed by atoms with van der Waals surface area (Å²) in [6.45, 7) is 1.80. The third-order valence-electron chi connectivity index (χ3n) is 5.34. The van der Waals surface area contributed by atoms with Gasteiger partial charge >= 0.3 is 0 Å². The molecule has 1 saturated heterocycles. The second-order valence-electron chi connectivity index (χ2n) is 6.89. The van der Waals surface area contributed by atoms with Crippen molar-refractivity contribution >= 4 is 17.7 Å². The number of aromatic nitrogens is 2. The molecule has 0 radical (unpaired) electrons. The number of piperidine rings is 1. The molecule has 1 aromatic carbocycles. The van der Waals surface area contributed by atoms with Gasteiger partial charge in [0.05, 0.1) is 19.4 Å². The van der Waals surface area contributed by atoms with Crippen LogP contribution in [0.5, 0.6) is 5.75 Å². The Morgan fingerprint density at radius 1 is 1.23 bits per heavy atom. The molecule has 0 amide bonds. The van der Waals surface area contributed by atoms with E-state index >= 15 is 0 Å². The molecule has 0 saturated carbocycles. The number of carbonyl (C=O) groups excluding carboxylic acids is 1. The van der Waals surface area contributed by atoms with E-state index in [2.05, 4.69) is 22.1 Å². The first-order valence-electron chi connectivity index (χ1n) is 9.00. The van der Waals surface area contributed by atoms with Gasteiger partial charge in [0.25, 0.3) is 0 Å². The van der Waals surface area contributed by atoms with Crippen molar-refractivity contribution in [2.75, 3.05) is 25.1 Å². The Labute approximate surface area is 152 Å². The summed E-state index contributed by atoms with van der Waals surface area (Å²) >= 11 is 0. The highest BCUT2D eigenvalue weighted by Crippen LogP contribution is 2.33. The smallest absolute Gasteiger partial charge is 0.185 e. The minimum absolute atomic E-state index is 0.0901. The molecule has 0 bridgehead atoms. The summed E-state index contributed by atoms with van der Waals surface area (Å²) in [7, 11) is 1.67. The monoisotopic (exact) mass is 353 g/mol. The van der Waals surface area contributed by atoms with Crippen molar-refractivity contribution in [3.8, 4) is 5.75 Å². The molecule has 2 aromatic rings. The fourth-order valence-electron chi connectivity index (χ4n) is 3.86. The normalized spacial score (nSPS) is 17.8. The molecular weight excluding hydrogens is 330 g/mol. The largest absolute Gasteiger partial charge is 0.497 e. The van der Waals surface area contributed by atoms with Crippen molar-refractivity contribution in [2.24, 2.45) is 5.92 Å². The number of allylic oxidation sites excluding steroid dienone is 1. The number of aliphatic hydroxyl groups is 1. The van der Waals surface area contributed by atoms with Crippen LogP contribution >= 0.6 is 0 Å². The van der Waals surface area contributed by atoms with E-state index in [9.17, 15) is 9.90 Å². The second-order valence-corrected chi connectivity index (χ2v) is 6.89. The van der Waals surface area contributed by atoms with Crippen LogP contribution in [-0.2, 0) is 6.61 Å². The number of carbonyl (C=O) groups is 1. The van der Waals surface area contributed by atoms with Crippen molar-refractivity contribution in [3.05, 3.63) is 47.3 Å². The number of fused-ring (bicyclic) bond motifs is 1. The van der Waals surface area contributed by atoms with Gasteiger partial charge in [-0.05, 0) is 54.7 Å². The maximum absolute atomic E-state index is 12.4. The Balaban J connectivity index is 1.45. The Morgan fingerprint density at radius 2 is 1.96 bits per heavy atom. The molecule has 0 aliphatic carbocycles. The summed E-state index contributed by atoms with van der Waals surface area (Å²) < 4.78 is 6.86. The molecule has 0 spiro atoms. The predicted molar refractivity (Wildman–Crippen MR) is 99.3 cm³/mol. The number of nitrogens with zero attached hydrogens (tertiary/aromatic N) is 3. The summed E-state index contributed by atoms with van der Waals surface area (Å²) in [6, 6.07) is 9.84. The molecular formula is C20H23N3O3. The van der Waals surface area contributed by atoms with E-state index in [1.807, 2.05) is 18.3 Å². The standard InChI is InChI=1S/C20H23N3O3/c1-26-18-4-2-17(3-5-18)22-8-6-14(7-9-22)15-10-20(25)19-11-16(13-24)21-23(19)12-15/h2-5,11-12,14,24H,6-10,13H2,1H3. The number of methoxy groups -OCH3 is 1. The summed E-state index contributed by atoms with van der Waals surface area (Å²) in [5.74, 6) is 1.36.